The monoisotopic (exact) mass is 360 g/mol. The number of carboxylic acids is 1. The highest BCUT2D eigenvalue weighted by Gasteiger charge is 2.20. The van der Waals surface area contributed by atoms with Gasteiger partial charge in [-0.25, -0.2) is 14.5 Å². The summed E-state index contributed by atoms with van der Waals surface area (Å²) in [5, 5.41) is 16.6. The number of hydrogen-bond acceptors (Lipinski definition) is 5. The zero-order valence-corrected chi connectivity index (χ0v) is 13.9. The van der Waals surface area contributed by atoms with Gasteiger partial charge in [0.2, 0.25) is 5.95 Å². The Morgan fingerprint density at radius 3 is 2.85 bits per heavy atom. The van der Waals surface area contributed by atoms with Gasteiger partial charge in [-0.3, -0.25) is 14.5 Å². The van der Waals surface area contributed by atoms with Gasteiger partial charge in [-0.2, -0.15) is 9.49 Å². The zero-order valence-electron chi connectivity index (χ0n) is 13.9. The molecule has 0 bridgehead atoms. The second kappa shape index (κ2) is 6.36. The van der Waals surface area contributed by atoms with Crippen molar-refractivity contribution in [3.8, 4) is 5.95 Å². The summed E-state index contributed by atoms with van der Waals surface area (Å²) >= 11 is 0. The van der Waals surface area contributed by atoms with Crippen LogP contribution in [0.15, 0.2) is 17.2 Å². The average molecular weight is 360 g/mol. The second-order valence-electron chi connectivity index (χ2n) is 6.52. The van der Waals surface area contributed by atoms with Crippen molar-refractivity contribution in [3.05, 3.63) is 34.3 Å². The van der Waals surface area contributed by atoms with Crippen molar-refractivity contribution in [2.75, 3.05) is 0 Å². The van der Waals surface area contributed by atoms with Gasteiger partial charge in [0.05, 0.1) is 11.8 Å². The van der Waals surface area contributed by atoms with E-state index in [1.165, 1.54) is 23.7 Å². The molecule has 9 nitrogen and oxygen atoms in total. The lowest BCUT2D eigenvalue weighted by atomic mass is 10.0. The van der Waals surface area contributed by atoms with Gasteiger partial charge in [0.25, 0.3) is 11.5 Å². The Balaban J connectivity index is 1.69. The number of carbonyl (C=O) groups is 1. The van der Waals surface area contributed by atoms with E-state index in [9.17, 15) is 14.0 Å². The molecule has 0 amide bonds. The first-order valence-electron chi connectivity index (χ1n) is 8.47. The van der Waals surface area contributed by atoms with Crippen LogP contribution in [-0.4, -0.2) is 40.6 Å². The van der Waals surface area contributed by atoms with Crippen LogP contribution in [0.2, 0.25) is 0 Å². The van der Waals surface area contributed by atoms with Gasteiger partial charge in [0.15, 0.2) is 11.0 Å². The highest BCUT2D eigenvalue weighted by Crippen LogP contribution is 2.28. The van der Waals surface area contributed by atoms with Crippen LogP contribution in [-0.2, 0) is 6.54 Å². The van der Waals surface area contributed by atoms with Gasteiger partial charge in [0, 0.05) is 12.7 Å². The molecule has 3 aromatic rings. The van der Waals surface area contributed by atoms with E-state index < -0.39 is 17.5 Å². The maximum absolute atomic E-state index is 14.2. The van der Waals surface area contributed by atoms with Gasteiger partial charge in [-0.05, 0) is 12.3 Å². The number of rotatable bonds is 5. The van der Waals surface area contributed by atoms with Crippen molar-refractivity contribution in [1.29, 1.82) is 0 Å². The van der Waals surface area contributed by atoms with E-state index in [1.807, 2.05) is 0 Å². The Bertz CT molecular complexity index is 1030. The summed E-state index contributed by atoms with van der Waals surface area (Å²) in [6.07, 6.45) is 7.90. The van der Waals surface area contributed by atoms with Crippen LogP contribution in [0, 0.1) is 11.9 Å². The molecule has 0 aliphatic heterocycles. The van der Waals surface area contributed by atoms with Crippen molar-refractivity contribution in [2.24, 2.45) is 5.92 Å². The molecule has 136 valence electrons. The summed E-state index contributed by atoms with van der Waals surface area (Å²) < 4.78 is 16.7. The number of hydrogen-bond donors (Lipinski definition) is 2. The Morgan fingerprint density at radius 1 is 1.38 bits per heavy atom. The first kappa shape index (κ1) is 16.4. The number of carboxylic acid groups (broad SMARTS) is 1. The maximum atomic E-state index is 14.2. The molecule has 0 aromatic carbocycles. The summed E-state index contributed by atoms with van der Waals surface area (Å²) in [5.74, 6) is -1.47. The fourth-order valence-electron chi connectivity index (χ4n) is 3.47. The number of halogens is 1. The minimum Gasteiger partial charge on any atom is -0.478 e. The standard InChI is InChI=1S/C16H17FN6O3/c17-13-11-12(22(21-13)6-5-9-3-1-2-4-9)14(24)20-16(19-11)23-8-10(7-18-23)15(25)26/h7-9H,1-6H2,(H,25,26)(H,19,20,24). The van der Waals surface area contributed by atoms with Crippen LogP contribution in [0.3, 0.4) is 0 Å². The van der Waals surface area contributed by atoms with Crippen molar-refractivity contribution < 1.29 is 14.3 Å². The molecule has 3 heterocycles. The van der Waals surface area contributed by atoms with Crippen LogP contribution in [0.5, 0.6) is 0 Å². The molecule has 1 aliphatic rings. The normalized spacial score (nSPS) is 15.1. The zero-order chi connectivity index (χ0) is 18.3. The smallest absolute Gasteiger partial charge is 0.338 e. The summed E-state index contributed by atoms with van der Waals surface area (Å²) in [4.78, 5) is 30.0. The highest BCUT2D eigenvalue weighted by molar-refractivity contribution is 5.87. The first-order valence-corrected chi connectivity index (χ1v) is 8.47. The maximum Gasteiger partial charge on any atom is 0.338 e. The first-order chi connectivity index (χ1) is 12.5. The van der Waals surface area contributed by atoms with Gasteiger partial charge >= 0.3 is 5.97 Å². The van der Waals surface area contributed by atoms with Gasteiger partial charge < -0.3 is 5.11 Å². The molecular formula is C16H17FN6O3. The predicted molar refractivity (Wildman–Crippen MR) is 88.8 cm³/mol. The molecule has 3 aromatic heterocycles. The van der Waals surface area contributed by atoms with Crippen molar-refractivity contribution in [2.45, 2.75) is 38.6 Å². The average Bonchev–Trinajstić information content (AvgIpc) is 3.33. The van der Waals surface area contributed by atoms with E-state index in [2.05, 4.69) is 20.2 Å². The molecule has 1 aliphatic carbocycles. The largest absolute Gasteiger partial charge is 0.478 e. The van der Waals surface area contributed by atoms with Crippen LogP contribution < -0.4 is 5.56 Å². The molecule has 1 saturated carbocycles. The number of aromatic carboxylic acids is 1. The molecule has 1 fully saturated rings. The predicted octanol–water partition coefficient (Wildman–Crippen LogP) is 1.72. The number of H-pyrrole nitrogens is 1. The van der Waals surface area contributed by atoms with Crippen LogP contribution >= 0.6 is 0 Å². The molecule has 26 heavy (non-hydrogen) atoms. The van der Waals surface area contributed by atoms with E-state index in [0.29, 0.717) is 12.5 Å². The van der Waals surface area contributed by atoms with E-state index in [0.717, 1.165) is 30.1 Å². The lowest BCUT2D eigenvalue weighted by Crippen LogP contribution is -2.17. The topological polar surface area (TPSA) is 119 Å². The van der Waals surface area contributed by atoms with Gasteiger partial charge in [0.1, 0.15) is 0 Å². The van der Waals surface area contributed by atoms with E-state index in [-0.39, 0.29) is 22.5 Å². The quantitative estimate of drug-likeness (QED) is 0.715. The summed E-state index contributed by atoms with van der Waals surface area (Å²) in [7, 11) is 0. The van der Waals surface area contributed by atoms with Crippen molar-refractivity contribution in [1.82, 2.24) is 29.5 Å². The Kier molecular flexibility index (Phi) is 4.02. The van der Waals surface area contributed by atoms with E-state index in [1.54, 1.807) is 0 Å². The minimum atomic E-state index is -1.16. The molecule has 0 saturated heterocycles. The van der Waals surface area contributed by atoms with E-state index in [4.69, 9.17) is 5.11 Å². The third-order valence-electron chi connectivity index (χ3n) is 4.81. The van der Waals surface area contributed by atoms with Gasteiger partial charge in [-0.1, -0.05) is 25.7 Å². The number of aromatic nitrogens is 6. The van der Waals surface area contributed by atoms with Crippen LogP contribution in [0.1, 0.15) is 42.5 Å². The molecule has 0 radical (unpaired) electrons. The van der Waals surface area contributed by atoms with E-state index >= 15 is 0 Å². The lowest BCUT2D eigenvalue weighted by Gasteiger charge is -2.08. The SMILES string of the molecule is O=C(O)c1cnn(-c2nc3c(F)nn(CCC4CCCC4)c3c(=O)[nH]2)c1. The molecule has 10 heteroatoms. The lowest BCUT2D eigenvalue weighted by molar-refractivity contribution is 0.0697. The van der Waals surface area contributed by atoms with Crippen LogP contribution in [0.25, 0.3) is 17.0 Å². The molecular weight excluding hydrogens is 343 g/mol. The number of fused-ring (bicyclic) bond motifs is 1. The summed E-state index contributed by atoms with van der Waals surface area (Å²) in [6.45, 7) is 0.458. The third kappa shape index (κ3) is 2.87. The Morgan fingerprint density at radius 2 is 2.15 bits per heavy atom. The highest BCUT2D eigenvalue weighted by atomic mass is 19.1. The number of nitrogens with zero attached hydrogens (tertiary/aromatic N) is 5. The molecule has 0 atom stereocenters. The third-order valence-corrected chi connectivity index (χ3v) is 4.81. The summed E-state index contributed by atoms with van der Waals surface area (Å²) in [6, 6.07) is 0. The van der Waals surface area contributed by atoms with Gasteiger partial charge in [-0.15, -0.1) is 5.10 Å². The van der Waals surface area contributed by atoms with Crippen LogP contribution in [0.4, 0.5) is 4.39 Å². The van der Waals surface area contributed by atoms with Crippen molar-refractivity contribution in [3.63, 3.8) is 0 Å². The minimum absolute atomic E-state index is 0.0655. The Hall–Kier alpha value is -3.04. The number of aromatic amines is 1. The molecule has 2 N–H and O–H groups in total. The molecule has 0 spiro atoms. The fraction of sp³-hybridized carbons (Fsp3) is 0.438. The summed E-state index contributed by atoms with van der Waals surface area (Å²) in [5.41, 5.74) is -0.682. The van der Waals surface area contributed by atoms with Crippen molar-refractivity contribution >= 4 is 17.0 Å². The Labute approximate surface area is 146 Å². The number of aryl methyl sites for hydroxylation is 1. The second-order valence-corrected chi connectivity index (χ2v) is 6.52. The molecule has 4 rings (SSSR count). The molecule has 0 unspecified atom stereocenters. The number of nitrogens with one attached hydrogen (secondary N) is 1. The fourth-order valence-corrected chi connectivity index (χ4v) is 3.47.